The van der Waals surface area contributed by atoms with Gasteiger partial charge in [-0.25, -0.2) is 0 Å². The Labute approximate surface area is 135 Å². The zero-order chi connectivity index (χ0) is 15.5. The summed E-state index contributed by atoms with van der Waals surface area (Å²) in [6, 6.07) is 10.8. The van der Waals surface area contributed by atoms with E-state index in [0.29, 0.717) is 6.04 Å². The average Bonchev–Trinajstić information content (AvgIpc) is 2.97. The number of nitrogens with zero attached hydrogens (tertiary/aromatic N) is 3. The number of piperidine rings is 1. The van der Waals surface area contributed by atoms with Crippen molar-refractivity contribution < 1.29 is 0 Å². The topological polar surface area (TPSA) is 9.72 Å². The minimum absolute atomic E-state index is 0.654. The number of hydrogen-bond donors (Lipinski definition) is 0. The van der Waals surface area contributed by atoms with Crippen LogP contribution in [-0.2, 0) is 6.54 Å². The molecule has 1 aromatic carbocycles. The third kappa shape index (κ3) is 3.70. The zero-order valence-corrected chi connectivity index (χ0v) is 14.5. The van der Waals surface area contributed by atoms with Crippen molar-refractivity contribution >= 4 is 0 Å². The van der Waals surface area contributed by atoms with Crippen molar-refractivity contribution in [2.75, 3.05) is 40.8 Å². The van der Waals surface area contributed by atoms with Crippen LogP contribution < -0.4 is 0 Å². The van der Waals surface area contributed by atoms with Gasteiger partial charge in [-0.15, -0.1) is 0 Å². The molecule has 0 amide bonds. The largest absolute Gasteiger partial charge is 0.306 e. The lowest BCUT2D eigenvalue weighted by atomic mass is 9.98. The van der Waals surface area contributed by atoms with Gasteiger partial charge in [-0.2, -0.15) is 0 Å². The van der Waals surface area contributed by atoms with Crippen LogP contribution in [0, 0.1) is 0 Å². The molecule has 3 nitrogen and oxygen atoms in total. The van der Waals surface area contributed by atoms with Gasteiger partial charge in [0.1, 0.15) is 0 Å². The van der Waals surface area contributed by atoms with Crippen LogP contribution in [0.1, 0.15) is 42.9 Å². The van der Waals surface area contributed by atoms with Gasteiger partial charge in [0.05, 0.1) is 0 Å². The van der Waals surface area contributed by atoms with Crippen LogP contribution in [0.15, 0.2) is 24.3 Å². The Bertz CT molecular complexity index is 460. The quantitative estimate of drug-likeness (QED) is 0.846. The predicted molar refractivity (Wildman–Crippen MR) is 93.0 cm³/mol. The van der Waals surface area contributed by atoms with E-state index >= 15 is 0 Å². The molecule has 0 aromatic heterocycles. The molecule has 2 fully saturated rings. The van der Waals surface area contributed by atoms with Crippen LogP contribution in [-0.4, -0.2) is 61.5 Å². The second-order valence-corrected chi connectivity index (χ2v) is 7.41. The highest BCUT2D eigenvalue weighted by molar-refractivity contribution is 5.26. The molecule has 3 heteroatoms. The molecule has 2 aliphatic rings. The van der Waals surface area contributed by atoms with Crippen molar-refractivity contribution in [2.24, 2.45) is 0 Å². The summed E-state index contributed by atoms with van der Waals surface area (Å²) in [5.74, 6) is 0. The van der Waals surface area contributed by atoms with E-state index in [1.165, 1.54) is 56.4 Å². The SMILES string of the molecule is CN(C)Cc1ccc(C2CCCN2C2CCN(C)CC2)cc1. The summed E-state index contributed by atoms with van der Waals surface area (Å²) in [6.07, 6.45) is 5.37. The van der Waals surface area contributed by atoms with Crippen molar-refractivity contribution in [1.29, 1.82) is 0 Å². The van der Waals surface area contributed by atoms with E-state index < -0.39 is 0 Å². The van der Waals surface area contributed by atoms with Gasteiger partial charge < -0.3 is 9.80 Å². The number of benzene rings is 1. The first-order chi connectivity index (χ1) is 10.6. The lowest BCUT2D eigenvalue weighted by Gasteiger charge is -2.38. The highest BCUT2D eigenvalue weighted by Crippen LogP contribution is 2.36. The molecular formula is C19H31N3. The molecule has 1 atom stereocenters. The Morgan fingerprint density at radius 1 is 1.00 bits per heavy atom. The first kappa shape index (κ1) is 16.0. The first-order valence-electron chi connectivity index (χ1n) is 8.81. The summed E-state index contributed by atoms with van der Waals surface area (Å²) >= 11 is 0. The van der Waals surface area contributed by atoms with Crippen LogP contribution in [0.3, 0.4) is 0 Å². The fourth-order valence-electron chi connectivity index (χ4n) is 4.12. The molecule has 1 unspecified atom stereocenters. The van der Waals surface area contributed by atoms with E-state index in [4.69, 9.17) is 0 Å². The molecule has 0 N–H and O–H groups in total. The molecule has 2 saturated heterocycles. The summed E-state index contributed by atoms with van der Waals surface area (Å²) in [5, 5.41) is 0. The highest BCUT2D eigenvalue weighted by Gasteiger charge is 2.32. The van der Waals surface area contributed by atoms with Crippen molar-refractivity contribution in [3.63, 3.8) is 0 Å². The monoisotopic (exact) mass is 301 g/mol. The molecule has 2 aliphatic heterocycles. The molecule has 0 aliphatic carbocycles. The maximum absolute atomic E-state index is 2.80. The average molecular weight is 301 g/mol. The third-order valence-electron chi connectivity index (χ3n) is 5.31. The van der Waals surface area contributed by atoms with Crippen LogP contribution in [0.25, 0.3) is 0 Å². The normalized spacial score (nSPS) is 25.2. The van der Waals surface area contributed by atoms with Gasteiger partial charge in [0.15, 0.2) is 0 Å². The van der Waals surface area contributed by atoms with Gasteiger partial charge >= 0.3 is 0 Å². The minimum Gasteiger partial charge on any atom is -0.306 e. The predicted octanol–water partition coefficient (Wildman–Crippen LogP) is 2.98. The number of hydrogen-bond acceptors (Lipinski definition) is 3. The summed E-state index contributed by atoms with van der Waals surface area (Å²) in [5.41, 5.74) is 2.94. The summed E-state index contributed by atoms with van der Waals surface area (Å²) in [4.78, 5) is 7.50. The molecule has 1 aromatic rings. The van der Waals surface area contributed by atoms with E-state index in [1.54, 1.807) is 0 Å². The second-order valence-electron chi connectivity index (χ2n) is 7.41. The van der Waals surface area contributed by atoms with Gasteiger partial charge in [0.2, 0.25) is 0 Å². The Kier molecular flexibility index (Phi) is 5.17. The minimum atomic E-state index is 0.654. The molecule has 122 valence electrons. The fourth-order valence-corrected chi connectivity index (χ4v) is 4.12. The molecule has 2 heterocycles. The van der Waals surface area contributed by atoms with Crippen LogP contribution in [0.4, 0.5) is 0 Å². The fraction of sp³-hybridized carbons (Fsp3) is 0.684. The summed E-state index contributed by atoms with van der Waals surface area (Å²) in [7, 11) is 6.51. The number of likely N-dealkylation sites (tertiary alicyclic amines) is 2. The first-order valence-corrected chi connectivity index (χ1v) is 8.81. The Morgan fingerprint density at radius 3 is 2.32 bits per heavy atom. The summed E-state index contributed by atoms with van der Waals surface area (Å²) < 4.78 is 0. The van der Waals surface area contributed by atoms with E-state index in [-0.39, 0.29) is 0 Å². The van der Waals surface area contributed by atoms with Crippen molar-refractivity contribution in [2.45, 2.75) is 44.3 Å². The molecular weight excluding hydrogens is 270 g/mol. The highest BCUT2D eigenvalue weighted by atomic mass is 15.2. The van der Waals surface area contributed by atoms with Crippen molar-refractivity contribution in [1.82, 2.24) is 14.7 Å². The van der Waals surface area contributed by atoms with E-state index in [9.17, 15) is 0 Å². The van der Waals surface area contributed by atoms with Crippen LogP contribution in [0.5, 0.6) is 0 Å². The lowest BCUT2D eigenvalue weighted by Crippen LogP contribution is -2.43. The van der Waals surface area contributed by atoms with Crippen molar-refractivity contribution in [3.05, 3.63) is 35.4 Å². The Balaban J connectivity index is 1.67. The van der Waals surface area contributed by atoms with E-state index in [2.05, 4.69) is 60.1 Å². The molecule has 3 rings (SSSR count). The Hall–Kier alpha value is -0.900. The molecule has 0 bridgehead atoms. The standard InChI is InChI=1S/C19H31N3/c1-20(2)15-16-6-8-17(9-7-16)19-5-4-12-22(19)18-10-13-21(3)14-11-18/h6-9,18-19H,4-5,10-15H2,1-3H3. The van der Waals surface area contributed by atoms with Gasteiger partial charge in [-0.1, -0.05) is 24.3 Å². The van der Waals surface area contributed by atoms with Gasteiger partial charge in [0, 0.05) is 18.6 Å². The second kappa shape index (κ2) is 7.12. The maximum Gasteiger partial charge on any atom is 0.0351 e. The number of rotatable bonds is 4. The van der Waals surface area contributed by atoms with Crippen LogP contribution in [0.2, 0.25) is 0 Å². The van der Waals surface area contributed by atoms with Crippen molar-refractivity contribution in [3.8, 4) is 0 Å². The van der Waals surface area contributed by atoms with Crippen LogP contribution >= 0.6 is 0 Å². The molecule has 22 heavy (non-hydrogen) atoms. The third-order valence-corrected chi connectivity index (χ3v) is 5.31. The molecule has 0 spiro atoms. The van der Waals surface area contributed by atoms with Gasteiger partial charge in [-0.05, 0) is 77.6 Å². The van der Waals surface area contributed by atoms with Gasteiger partial charge in [-0.3, -0.25) is 4.90 Å². The molecule has 0 saturated carbocycles. The van der Waals surface area contributed by atoms with E-state index in [1.807, 2.05) is 0 Å². The summed E-state index contributed by atoms with van der Waals surface area (Å²) in [6.45, 7) is 4.84. The molecule has 0 radical (unpaired) electrons. The lowest BCUT2D eigenvalue weighted by molar-refractivity contribution is 0.110. The maximum atomic E-state index is 2.80. The zero-order valence-electron chi connectivity index (χ0n) is 14.5. The Morgan fingerprint density at radius 2 is 1.68 bits per heavy atom. The van der Waals surface area contributed by atoms with Gasteiger partial charge in [0.25, 0.3) is 0 Å². The smallest absolute Gasteiger partial charge is 0.0351 e. The van der Waals surface area contributed by atoms with E-state index in [0.717, 1.165) is 12.6 Å².